The van der Waals surface area contributed by atoms with E-state index in [4.69, 9.17) is 13.8 Å². The van der Waals surface area contributed by atoms with Gasteiger partial charge < -0.3 is 13.8 Å². The average Bonchev–Trinajstić information content (AvgIpc) is 2.39. The molecule has 5 nitrogen and oxygen atoms in total. The Morgan fingerprint density at radius 1 is 1.35 bits per heavy atom. The highest BCUT2D eigenvalue weighted by molar-refractivity contribution is 7.53. The van der Waals surface area contributed by atoms with Gasteiger partial charge in [-0.3, -0.25) is 9.36 Å². The van der Waals surface area contributed by atoms with Gasteiger partial charge in [0, 0.05) is 6.42 Å². The smallest absolute Gasteiger partial charge is 0.334 e. The van der Waals surface area contributed by atoms with Gasteiger partial charge in [0.15, 0.2) is 0 Å². The summed E-state index contributed by atoms with van der Waals surface area (Å²) in [5.74, 6) is -0.248. The quantitative estimate of drug-likeness (QED) is 0.545. The zero-order chi connectivity index (χ0) is 13.1. The van der Waals surface area contributed by atoms with Gasteiger partial charge in [0.2, 0.25) is 0 Å². The van der Waals surface area contributed by atoms with Crippen LogP contribution in [0.2, 0.25) is 0 Å². The van der Waals surface area contributed by atoms with Crippen LogP contribution in [0.1, 0.15) is 34.1 Å². The summed E-state index contributed by atoms with van der Waals surface area (Å²) in [4.78, 5) is 11.5. The third kappa shape index (κ3) is 3.80. The first-order valence-electron chi connectivity index (χ1n) is 5.92. The predicted molar refractivity (Wildman–Crippen MR) is 64.0 cm³/mol. The fourth-order valence-electron chi connectivity index (χ4n) is 1.89. The SMILES string of the molecule is CCOP(=O)(C[C@H]1CC(C)(C)C(=O)O1)OCC. The second kappa shape index (κ2) is 5.51. The molecule has 0 unspecified atom stereocenters. The Labute approximate surface area is 102 Å². The van der Waals surface area contributed by atoms with Crippen molar-refractivity contribution in [3.8, 4) is 0 Å². The van der Waals surface area contributed by atoms with Crippen molar-refractivity contribution in [3.63, 3.8) is 0 Å². The van der Waals surface area contributed by atoms with Crippen LogP contribution in [0.15, 0.2) is 0 Å². The average molecular weight is 264 g/mol. The molecule has 1 aliphatic rings. The van der Waals surface area contributed by atoms with Gasteiger partial charge >= 0.3 is 13.6 Å². The van der Waals surface area contributed by atoms with Gasteiger partial charge in [-0.25, -0.2) is 0 Å². The second-order valence-electron chi connectivity index (χ2n) is 4.74. The maximum atomic E-state index is 12.3. The van der Waals surface area contributed by atoms with E-state index in [1.807, 2.05) is 13.8 Å². The molecule has 1 heterocycles. The van der Waals surface area contributed by atoms with Gasteiger partial charge in [-0.15, -0.1) is 0 Å². The van der Waals surface area contributed by atoms with Crippen LogP contribution in [0.5, 0.6) is 0 Å². The number of carbonyl (C=O) groups is 1. The molecular weight excluding hydrogens is 243 g/mol. The fourth-order valence-corrected chi connectivity index (χ4v) is 3.67. The van der Waals surface area contributed by atoms with Gasteiger partial charge in [0.1, 0.15) is 6.10 Å². The molecular formula is C11H21O5P. The molecule has 1 fully saturated rings. The van der Waals surface area contributed by atoms with Crippen molar-refractivity contribution in [2.75, 3.05) is 19.4 Å². The number of esters is 1. The second-order valence-corrected chi connectivity index (χ2v) is 6.85. The first-order chi connectivity index (χ1) is 7.83. The lowest BCUT2D eigenvalue weighted by Gasteiger charge is -2.19. The molecule has 0 amide bonds. The summed E-state index contributed by atoms with van der Waals surface area (Å²) in [6, 6.07) is 0. The molecule has 0 aromatic carbocycles. The number of hydrogen-bond donors (Lipinski definition) is 0. The molecule has 0 saturated carbocycles. The molecule has 100 valence electrons. The summed E-state index contributed by atoms with van der Waals surface area (Å²) < 4.78 is 27.8. The largest absolute Gasteiger partial charge is 0.461 e. The van der Waals surface area contributed by atoms with Crippen LogP contribution >= 0.6 is 7.60 Å². The molecule has 1 atom stereocenters. The third-order valence-electron chi connectivity index (χ3n) is 2.64. The minimum Gasteiger partial charge on any atom is -0.461 e. The Morgan fingerprint density at radius 3 is 2.24 bits per heavy atom. The molecule has 6 heteroatoms. The Balaban J connectivity index is 2.64. The molecule has 0 radical (unpaired) electrons. The molecule has 0 spiro atoms. The van der Waals surface area contributed by atoms with Gasteiger partial charge in [0.05, 0.1) is 24.8 Å². The van der Waals surface area contributed by atoms with Crippen LogP contribution < -0.4 is 0 Å². The standard InChI is InChI=1S/C11H21O5P/c1-5-14-17(13,15-6-2)8-9-7-11(3,4)10(12)16-9/h9H,5-8H2,1-4H3/t9-/m1/s1. The Morgan fingerprint density at radius 2 is 1.88 bits per heavy atom. The van der Waals surface area contributed by atoms with Crippen LogP contribution in [0, 0.1) is 5.41 Å². The summed E-state index contributed by atoms with van der Waals surface area (Å²) in [6.07, 6.45) is 0.321. The number of carbonyl (C=O) groups excluding carboxylic acids is 1. The van der Waals surface area contributed by atoms with Crippen molar-refractivity contribution >= 4 is 13.6 Å². The minimum atomic E-state index is -3.13. The van der Waals surface area contributed by atoms with Gasteiger partial charge in [-0.2, -0.15) is 0 Å². The zero-order valence-electron chi connectivity index (χ0n) is 10.9. The van der Waals surface area contributed by atoms with E-state index in [9.17, 15) is 9.36 Å². The normalized spacial score (nSPS) is 23.8. The van der Waals surface area contributed by atoms with Crippen molar-refractivity contribution in [3.05, 3.63) is 0 Å². The predicted octanol–water partition coefficient (Wildman–Crippen LogP) is 2.59. The van der Waals surface area contributed by atoms with E-state index in [0.29, 0.717) is 19.6 Å². The van der Waals surface area contributed by atoms with Gasteiger partial charge in [0.25, 0.3) is 0 Å². The number of hydrogen-bond acceptors (Lipinski definition) is 5. The minimum absolute atomic E-state index is 0.143. The Kier molecular flexibility index (Phi) is 4.76. The summed E-state index contributed by atoms with van der Waals surface area (Å²) in [5.41, 5.74) is -0.506. The number of rotatable bonds is 6. The Bertz CT molecular complexity index is 316. The molecule has 0 aromatic heterocycles. The molecule has 17 heavy (non-hydrogen) atoms. The van der Waals surface area contributed by atoms with E-state index in [-0.39, 0.29) is 18.2 Å². The van der Waals surface area contributed by atoms with Crippen molar-refractivity contribution < 1.29 is 23.1 Å². The van der Waals surface area contributed by atoms with E-state index in [1.54, 1.807) is 13.8 Å². The highest BCUT2D eigenvalue weighted by Crippen LogP contribution is 2.51. The van der Waals surface area contributed by atoms with Crippen molar-refractivity contribution in [1.82, 2.24) is 0 Å². The molecule has 0 N–H and O–H groups in total. The van der Waals surface area contributed by atoms with Crippen LogP contribution in [0.25, 0.3) is 0 Å². The third-order valence-corrected chi connectivity index (χ3v) is 4.80. The number of ether oxygens (including phenoxy) is 1. The highest BCUT2D eigenvalue weighted by atomic mass is 31.2. The van der Waals surface area contributed by atoms with Gasteiger partial charge in [-0.1, -0.05) is 0 Å². The maximum absolute atomic E-state index is 12.3. The van der Waals surface area contributed by atoms with E-state index in [2.05, 4.69) is 0 Å². The maximum Gasteiger partial charge on any atom is 0.334 e. The topological polar surface area (TPSA) is 61.8 Å². The van der Waals surface area contributed by atoms with Crippen LogP contribution in [0.3, 0.4) is 0 Å². The molecule has 0 aromatic rings. The van der Waals surface area contributed by atoms with E-state index >= 15 is 0 Å². The zero-order valence-corrected chi connectivity index (χ0v) is 11.8. The van der Waals surface area contributed by atoms with Crippen LogP contribution in [-0.2, 0) is 23.1 Å². The van der Waals surface area contributed by atoms with Crippen molar-refractivity contribution in [2.45, 2.75) is 40.2 Å². The lowest BCUT2D eigenvalue weighted by atomic mass is 9.90. The molecule has 0 aliphatic carbocycles. The fraction of sp³-hybridized carbons (Fsp3) is 0.909. The highest BCUT2D eigenvalue weighted by Gasteiger charge is 2.44. The van der Waals surface area contributed by atoms with Crippen molar-refractivity contribution in [1.29, 1.82) is 0 Å². The summed E-state index contributed by atoms with van der Waals surface area (Å²) in [7, 11) is -3.13. The molecule has 0 bridgehead atoms. The number of cyclic esters (lactones) is 1. The van der Waals surface area contributed by atoms with Crippen molar-refractivity contribution in [2.24, 2.45) is 5.41 Å². The summed E-state index contributed by atoms with van der Waals surface area (Å²) in [6.45, 7) is 7.80. The van der Waals surface area contributed by atoms with Crippen LogP contribution in [-0.4, -0.2) is 31.4 Å². The first kappa shape index (κ1) is 14.7. The summed E-state index contributed by atoms with van der Waals surface area (Å²) in [5, 5.41) is 0. The van der Waals surface area contributed by atoms with Crippen LogP contribution in [0.4, 0.5) is 0 Å². The first-order valence-corrected chi connectivity index (χ1v) is 7.65. The lowest BCUT2D eigenvalue weighted by molar-refractivity contribution is -0.147. The van der Waals surface area contributed by atoms with E-state index in [0.717, 1.165) is 0 Å². The molecule has 1 saturated heterocycles. The van der Waals surface area contributed by atoms with Gasteiger partial charge in [-0.05, 0) is 27.7 Å². The van der Waals surface area contributed by atoms with E-state index in [1.165, 1.54) is 0 Å². The Hall–Kier alpha value is -0.380. The lowest BCUT2D eigenvalue weighted by Crippen LogP contribution is -2.17. The van der Waals surface area contributed by atoms with E-state index < -0.39 is 13.0 Å². The molecule has 1 aliphatic heterocycles. The summed E-state index contributed by atoms with van der Waals surface area (Å²) >= 11 is 0. The monoisotopic (exact) mass is 264 g/mol. The molecule has 1 rings (SSSR count).